The van der Waals surface area contributed by atoms with E-state index in [2.05, 4.69) is 58.3 Å². The van der Waals surface area contributed by atoms with Gasteiger partial charge in [-0.1, -0.05) is 54.2 Å². The fourth-order valence-electron chi connectivity index (χ4n) is 2.96. The molecule has 0 spiro atoms. The topological polar surface area (TPSA) is 52.8 Å². The van der Waals surface area contributed by atoms with Gasteiger partial charge in [0.25, 0.3) is 0 Å². The van der Waals surface area contributed by atoms with Gasteiger partial charge in [-0.05, 0) is 31.5 Å². The molecular formula is C22H22N4OS2. The van der Waals surface area contributed by atoms with Crippen LogP contribution >= 0.6 is 23.1 Å². The highest BCUT2D eigenvalue weighted by Crippen LogP contribution is 2.29. The Labute approximate surface area is 178 Å². The molecule has 148 valence electrons. The molecule has 0 saturated heterocycles. The molecular weight excluding hydrogens is 400 g/mol. The SMILES string of the molecule is CCn1c(COc2ccccc2)nnc1SCc1csc(-c2ccccc2C)n1. The summed E-state index contributed by atoms with van der Waals surface area (Å²) in [5.41, 5.74) is 3.51. The second-order valence-electron chi connectivity index (χ2n) is 6.49. The Morgan fingerprint density at radius 2 is 1.83 bits per heavy atom. The van der Waals surface area contributed by atoms with Gasteiger partial charge in [0.1, 0.15) is 17.4 Å². The molecule has 29 heavy (non-hydrogen) atoms. The first-order valence-electron chi connectivity index (χ1n) is 9.47. The van der Waals surface area contributed by atoms with Crippen molar-refractivity contribution in [3.8, 4) is 16.3 Å². The standard InChI is InChI=1S/C22H22N4OS2/c1-3-26-20(13-27-18-10-5-4-6-11-18)24-25-22(26)29-15-17-14-28-21(23-17)19-12-8-7-9-16(19)2/h4-12,14H,3,13,15H2,1-2H3. The Morgan fingerprint density at radius 1 is 1.03 bits per heavy atom. The minimum absolute atomic E-state index is 0.402. The molecule has 0 atom stereocenters. The Kier molecular flexibility index (Phi) is 6.27. The first-order chi connectivity index (χ1) is 14.2. The lowest BCUT2D eigenvalue weighted by molar-refractivity contribution is 0.288. The number of benzene rings is 2. The molecule has 0 aliphatic heterocycles. The second-order valence-corrected chi connectivity index (χ2v) is 8.29. The monoisotopic (exact) mass is 422 g/mol. The van der Waals surface area contributed by atoms with Crippen molar-refractivity contribution < 1.29 is 4.74 Å². The minimum Gasteiger partial charge on any atom is -0.486 e. The van der Waals surface area contributed by atoms with E-state index in [0.29, 0.717) is 6.61 Å². The van der Waals surface area contributed by atoms with Crippen LogP contribution < -0.4 is 4.74 Å². The number of hydrogen-bond acceptors (Lipinski definition) is 6. The van der Waals surface area contributed by atoms with Crippen molar-refractivity contribution in [1.82, 2.24) is 19.7 Å². The molecule has 0 unspecified atom stereocenters. The van der Waals surface area contributed by atoms with Gasteiger partial charge in [-0.2, -0.15) is 0 Å². The average Bonchev–Trinajstić information content (AvgIpc) is 3.38. The molecule has 7 heteroatoms. The Morgan fingerprint density at radius 3 is 2.62 bits per heavy atom. The van der Waals surface area contributed by atoms with E-state index in [1.165, 1.54) is 11.1 Å². The predicted molar refractivity (Wildman–Crippen MR) is 118 cm³/mol. The molecule has 0 radical (unpaired) electrons. The summed E-state index contributed by atoms with van der Waals surface area (Å²) >= 11 is 3.34. The maximum absolute atomic E-state index is 5.83. The van der Waals surface area contributed by atoms with E-state index < -0.39 is 0 Å². The molecule has 2 heterocycles. The lowest BCUT2D eigenvalue weighted by Gasteiger charge is -2.08. The third-order valence-electron chi connectivity index (χ3n) is 4.50. The van der Waals surface area contributed by atoms with Gasteiger partial charge in [-0.25, -0.2) is 4.98 Å². The van der Waals surface area contributed by atoms with Gasteiger partial charge in [0.05, 0.1) is 5.69 Å². The van der Waals surface area contributed by atoms with E-state index in [-0.39, 0.29) is 0 Å². The molecule has 2 aromatic heterocycles. The highest BCUT2D eigenvalue weighted by molar-refractivity contribution is 7.98. The normalized spacial score (nSPS) is 11.0. The van der Waals surface area contributed by atoms with E-state index in [0.717, 1.165) is 39.7 Å². The molecule has 0 amide bonds. The Balaban J connectivity index is 1.41. The van der Waals surface area contributed by atoms with Crippen molar-refractivity contribution in [2.24, 2.45) is 0 Å². The van der Waals surface area contributed by atoms with Gasteiger partial charge < -0.3 is 9.30 Å². The second kappa shape index (κ2) is 9.24. The number of hydrogen-bond donors (Lipinski definition) is 0. The first kappa shape index (κ1) is 19.7. The predicted octanol–water partition coefficient (Wildman–Crippen LogP) is 5.60. The van der Waals surface area contributed by atoms with Crippen LogP contribution in [0.5, 0.6) is 5.75 Å². The maximum Gasteiger partial charge on any atom is 0.191 e. The number of aryl methyl sites for hydroxylation is 1. The van der Waals surface area contributed by atoms with E-state index >= 15 is 0 Å². The highest BCUT2D eigenvalue weighted by atomic mass is 32.2. The lowest BCUT2D eigenvalue weighted by Crippen LogP contribution is -2.07. The summed E-state index contributed by atoms with van der Waals surface area (Å²) in [6.45, 7) is 5.42. The Bertz CT molecular complexity index is 1080. The third kappa shape index (κ3) is 4.68. The van der Waals surface area contributed by atoms with Crippen molar-refractivity contribution in [3.05, 3.63) is 77.1 Å². The zero-order valence-electron chi connectivity index (χ0n) is 16.4. The molecule has 5 nitrogen and oxygen atoms in total. The number of thiazole rings is 1. The number of para-hydroxylation sites is 1. The van der Waals surface area contributed by atoms with E-state index in [1.54, 1.807) is 23.1 Å². The first-order valence-corrected chi connectivity index (χ1v) is 11.3. The van der Waals surface area contributed by atoms with Crippen LogP contribution in [0.25, 0.3) is 10.6 Å². The number of nitrogens with zero attached hydrogens (tertiary/aromatic N) is 4. The molecule has 0 aliphatic carbocycles. The summed E-state index contributed by atoms with van der Waals surface area (Å²) in [4.78, 5) is 4.81. The molecule has 0 bridgehead atoms. The molecule has 0 aliphatic rings. The third-order valence-corrected chi connectivity index (χ3v) is 6.42. The van der Waals surface area contributed by atoms with E-state index in [9.17, 15) is 0 Å². The van der Waals surface area contributed by atoms with Crippen LogP contribution in [0.1, 0.15) is 24.0 Å². The summed E-state index contributed by atoms with van der Waals surface area (Å²) in [7, 11) is 0. The van der Waals surface area contributed by atoms with E-state index in [4.69, 9.17) is 9.72 Å². The zero-order chi connectivity index (χ0) is 20.1. The van der Waals surface area contributed by atoms with Crippen LogP contribution in [0.4, 0.5) is 0 Å². The zero-order valence-corrected chi connectivity index (χ0v) is 18.0. The highest BCUT2D eigenvalue weighted by Gasteiger charge is 2.13. The maximum atomic E-state index is 5.83. The molecule has 0 saturated carbocycles. The van der Waals surface area contributed by atoms with Crippen LogP contribution in [-0.2, 0) is 18.9 Å². The van der Waals surface area contributed by atoms with Crippen LogP contribution in [-0.4, -0.2) is 19.7 Å². The summed E-state index contributed by atoms with van der Waals surface area (Å²) in [5.74, 6) is 2.43. The molecule has 4 aromatic rings. The van der Waals surface area contributed by atoms with Crippen molar-refractivity contribution in [2.75, 3.05) is 0 Å². The quantitative estimate of drug-likeness (QED) is 0.346. The van der Waals surface area contributed by atoms with Crippen molar-refractivity contribution in [1.29, 1.82) is 0 Å². The molecule has 0 N–H and O–H groups in total. The van der Waals surface area contributed by atoms with Crippen LogP contribution in [0.3, 0.4) is 0 Å². The average molecular weight is 423 g/mol. The molecule has 0 fully saturated rings. The lowest BCUT2D eigenvalue weighted by atomic mass is 10.1. The Hall–Kier alpha value is -2.64. The van der Waals surface area contributed by atoms with E-state index in [1.807, 2.05) is 30.3 Å². The molecule has 2 aromatic carbocycles. The van der Waals surface area contributed by atoms with Gasteiger partial charge in [-0.3, -0.25) is 0 Å². The summed E-state index contributed by atoms with van der Waals surface area (Å²) in [6.07, 6.45) is 0. The molecule has 4 rings (SSSR count). The van der Waals surface area contributed by atoms with Gasteiger partial charge in [-0.15, -0.1) is 21.5 Å². The smallest absolute Gasteiger partial charge is 0.191 e. The fraction of sp³-hybridized carbons (Fsp3) is 0.227. The van der Waals surface area contributed by atoms with Crippen molar-refractivity contribution in [2.45, 2.75) is 37.9 Å². The minimum atomic E-state index is 0.402. The number of thioether (sulfide) groups is 1. The van der Waals surface area contributed by atoms with Crippen LogP contribution in [0, 0.1) is 6.92 Å². The van der Waals surface area contributed by atoms with Gasteiger partial charge >= 0.3 is 0 Å². The number of aromatic nitrogens is 4. The number of ether oxygens (including phenoxy) is 1. The van der Waals surface area contributed by atoms with Gasteiger partial charge in [0.2, 0.25) is 0 Å². The van der Waals surface area contributed by atoms with Gasteiger partial charge in [0, 0.05) is 23.2 Å². The van der Waals surface area contributed by atoms with Gasteiger partial charge in [0.15, 0.2) is 11.0 Å². The largest absolute Gasteiger partial charge is 0.486 e. The van der Waals surface area contributed by atoms with Crippen molar-refractivity contribution in [3.63, 3.8) is 0 Å². The van der Waals surface area contributed by atoms with Crippen LogP contribution in [0.2, 0.25) is 0 Å². The summed E-state index contributed by atoms with van der Waals surface area (Å²) < 4.78 is 7.93. The van der Waals surface area contributed by atoms with Crippen molar-refractivity contribution >= 4 is 23.1 Å². The fourth-order valence-corrected chi connectivity index (χ4v) is 4.89. The number of rotatable bonds is 8. The summed E-state index contributed by atoms with van der Waals surface area (Å²) in [6, 6.07) is 18.1. The summed E-state index contributed by atoms with van der Waals surface area (Å²) in [5, 5.41) is 12.8. The van der Waals surface area contributed by atoms with Crippen LogP contribution in [0.15, 0.2) is 65.1 Å².